The third kappa shape index (κ3) is 3.66. The zero-order valence-electron chi connectivity index (χ0n) is 10.5. The van der Waals surface area contributed by atoms with E-state index >= 15 is 0 Å². The van der Waals surface area contributed by atoms with Crippen molar-refractivity contribution in [3.05, 3.63) is 0 Å². The molecule has 2 unspecified atom stereocenters. The molecular formula is C12H22O5. The molecule has 0 aromatic carbocycles. The highest BCUT2D eigenvalue weighted by atomic mass is 16.5. The summed E-state index contributed by atoms with van der Waals surface area (Å²) in [6.07, 6.45) is 1.14. The highest BCUT2D eigenvalue weighted by Crippen LogP contribution is 2.32. The first-order chi connectivity index (χ1) is 8.02. The van der Waals surface area contributed by atoms with E-state index in [4.69, 9.17) is 14.6 Å². The average Bonchev–Trinajstić information content (AvgIpc) is 2.29. The molecule has 100 valence electrons. The first-order valence-electron chi connectivity index (χ1n) is 6.11. The van der Waals surface area contributed by atoms with Crippen LogP contribution in [0.15, 0.2) is 0 Å². The van der Waals surface area contributed by atoms with E-state index in [0.717, 1.165) is 0 Å². The molecule has 1 aliphatic rings. The second-order valence-electron chi connectivity index (χ2n) is 4.83. The van der Waals surface area contributed by atoms with Crippen LogP contribution in [0.5, 0.6) is 0 Å². The van der Waals surface area contributed by atoms with E-state index in [-0.39, 0.29) is 25.2 Å². The predicted octanol–water partition coefficient (Wildman–Crippen LogP) is 1.04. The molecule has 0 radical (unpaired) electrons. The van der Waals surface area contributed by atoms with Crippen molar-refractivity contribution < 1.29 is 24.5 Å². The molecule has 1 rings (SSSR count). The SMILES string of the molecule is CC(C)C1CC(OCCCO)(C(=O)O)CCO1. The fourth-order valence-corrected chi connectivity index (χ4v) is 2.01. The summed E-state index contributed by atoms with van der Waals surface area (Å²) in [7, 11) is 0. The average molecular weight is 246 g/mol. The van der Waals surface area contributed by atoms with E-state index in [2.05, 4.69) is 0 Å². The van der Waals surface area contributed by atoms with Gasteiger partial charge in [-0.25, -0.2) is 4.79 Å². The van der Waals surface area contributed by atoms with Crippen LogP contribution in [0.3, 0.4) is 0 Å². The molecule has 2 N–H and O–H groups in total. The van der Waals surface area contributed by atoms with Gasteiger partial charge in [-0.05, 0) is 12.3 Å². The molecule has 1 saturated heterocycles. The molecule has 0 aromatic heterocycles. The Balaban J connectivity index is 2.66. The van der Waals surface area contributed by atoms with E-state index < -0.39 is 11.6 Å². The smallest absolute Gasteiger partial charge is 0.336 e. The van der Waals surface area contributed by atoms with Gasteiger partial charge in [-0.3, -0.25) is 0 Å². The van der Waals surface area contributed by atoms with Gasteiger partial charge in [0, 0.05) is 19.4 Å². The number of aliphatic hydroxyl groups is 1. The normalized spacial score (nSPS) is 29.5. The van der Waals surface area contributed by atoms with Gasteiger partial charge in [0.25, 0.3) is 0 Å². The molecule has 1 fully saturated rings. The zero-order chi connectivity index (χ0) is 12.9. The minimum Gasteiger partial charge on any atom is -0.479 e. The number of aliphatic carboxylic acids is 1. The molecule has 1 heterocycles. The molecule has 17 heavy (non-hydrogen) atoms. The van der Waals surface area contributed by atoms with Crippen LogP contribution < -0.4 is 0 Å². The maximum absolute atomic E-state index is 11.4. The number of rotatable bonds is 6. The number of carboxylic acids is 1. The Kier molecular flexibility index (Phi) is 5.36. The lowest BCUT2D eigenvalue weighted by Gasteiger charge is -2.39. The Labute approximate surface area is 102 Å². The minimum absolute atomic E-state index is 0.0137. The van der Waals surface area contributed by atoms with Crippen molar-refractivity contribution in [2.45, 2.75) is 44.8 Å². The van der Waals surface area contributed by atoms with Crippen molar-refractivity contribution in [2.24, 2.45) is 5.92 Å². The first-order valence-corrected chi connectivity index (χ1v) is 6.11. The zero-order valence-corrected chi connectivity index (χ0v) is 10.5. The van der Waals surface area contributed by atoms with Gasteiger partial charge in [0.1, 0.15) is 0 Å². The Morgan fingerprint density at radius 2 is 2.29 bits per heavy atom. The van der Waals surface area contributed by atoms with Crippen LogP contribution in [0.2, 0.25) is 0 Å². The van der Waals surface area contributed by atoms with E-state index in [0.29, 0.717) is 25.9 Å². The second kappa shape index (κ2) is 6.33. The largest absolute Gasteiger partial charge is 0.479 e. The lowest BCUT2D eigenvalue weighted by molar-refractivity contribution is -0.189. The first kappa shape index (κ1) is 14.4. The summed E-state index contributed by atoms with van der Waals surface area (Å²) in [5.41, 5.74) is -1.14. The molecule has 2 atom stereocenters. The van der Waals surface area contributed by atoms with Gasteiger partial charge >= 0.3 is 5.97 Å². The van der Waals surface area contributed by atoms with Crippen LogP contribution in [0.4, 0.5) is 0 Å². The quantitative estimate of drug-likeness (QED) is 0.685. The summed E-state index contributed by atoms with van der Waals surface area (Å²) in [6, 6.07) is 0. The van der Waals surface area contributed by atoms with Gasteiger partial charge in [-0.15, -0.1) is 0 Å². The molecule has 5 heteroatoms. The van der Waals surface area contributed by atoms with Gasteiger partial charge in [-0.2, -0.15) is 0 Å². The number of ether oxygens (including phenoxy) is 2. The molecule has 0 bridgehead atoms. The van der Waals surface area contributed by atoms with Crippen molar-refractivity contribution in [1.82, 2.24) is 0 Å². The molecular weight excluding hydrogens is 224 g/mol. The van der Waals surface area contributed by atoms with E-state index in [1.54, 1.807) is 0 Å². The number of aliphatic hydroxyl groups excluding tert-OH is 1. The van der Waals surface area contributed by atoms with Crippen molar-refractivity contribution in [3.63, 3.8) is 0 Å². The number of hydrogen-bond donors (Lipinski definition) is 2. The topological polar surface area (TPSA) is 76.0 Å². The Morgan fingerprint density at radius 1 is 1.59 bits per heavy atom. The van der Waals surface area contributed by atoms with E-state index in [1.807, 2.05) is 13.8 Å². The summed E-state index contributed by atoms with van der Waals surface area (Å²) in [6.45, 7) is 4.72. The molecule has 0 aromatic rings. The van der Waals surface area contributed by atoms with Gasteiger partial charge in [0.2, 0.25) is 0 Å². The summed E-state index contributed by atoms with van der Waals surface area (Å²) in [5, 5.41) is 18.1. The van der Waals surface area contributed by atoms with Crippen LogP contribution >= 0.6 is 0 Å². The van der Waals surface area contributed by atoms with E-state index in [9.17, 15) is 9.90 Å². The van der Waals surface area contributed by atoms with Crippen LogP contribution in [0, 0.1) is 5.92 Å². The second-order valence-corrected chi connectivity index (χ2v) is 4.83. The van der Waals surface area contributed by atoms with Crippen LogP contribution in [-0.4, -0.2) is 47.7 Å². The van der Waals surface area contributed by atoms with Crippen molar-refractivity contribution >= 4 is 5.97 Å². The van der Waals surface area contributed by atoms with Crippen LogP contribution in [-0.2, 0) is 14.3 Å². The lowest BCUT2D eigenvalue weighted by atomic mass is 9.86. The predicted molar refractivity (Wildman–Crippen MR) is 61.8 cm³/mol. The van der Waals surface area contributed by atoms with E-state index in [1.165, 1.54) is 0 Å². The van der Waals surface area contributed by atoms with Crippen LogP contribution in [0.25, 0.3) is 0 Å². The number of carbonyl (C=O) groups is 1. The molecule has 1 aliphatic heterocycles. The maximum atomic E-state index is 11.4. The van der Waals surface area contributed by atoms with Gasteiger partial charge in [0.15, 0.2) is 5.60 Å². The Bertz CT molecular complexity index is 253. The summed E-state index contributed by atoms with van der Waals surface area (Å²) in [5.74, 6) is -0.653. The van der Waals surface area contributed by atoms with Crippen molar-refractivity contribution in [3.8, 4) is 0 Å². The number of hydrogen-bond acceptors (Lipinski definition) is 4. The fourth-order valence-electron chi connectivity index (χ4n) is 2.01. The van der Waals surface area contributed by atoms with Crippen molar-refractivity contribution in [2.75, 3.05) is 19.8 Å². The molecule has 0 saturated carbocycles. The molecule has 0 spiro atoms. The third-order valence-corrected chi connectivity index (χ3v) is 3.18. The molecule has 0 aliphatic carbocycles. The summed E-state index contributed by atoms with van der Waals surface area (Å²) >= 11 is 0. The van der Waals surface area contributed by atoms with Gasteiger partial charge in [-0.1, -0.05) is 13.8 Å². The Hall–Kier alpha value is -0.650. The highest BCUT2D eigenvalue weighted by Gasteiger charge is 2.45. The summed E-state index contributed by atoms with van der Waals surface area (Å²) in [4.78, 5) is 11.4. The number of carboxylic acid groups (broad SMARTS) is 1. The minimum atomic E-state index is -1.14. The van der Waals surface area contributed by atoms with Crippen molar-refractivity contribution in [1.29, 1.82) is 0 Å². The van der Waals surface area contributed by atoms with Gasteiger partial charge < -0.3 is 19.7 Å². The fraction of sp³-hybridized carbons (Fsp3) is 0.917. The summed E-state index contributed by atoms with van der Waals surface area (Å²) < 4.78 is 11.1. The molecule has 5 nitrogen and oxygen atoms in total. The standard InChI is InChI=1S/C12H22O5/c1-9(2)10-8-12(11(14)15,4-7-16-10)17-6-3-5-13/h9-10,13H,3-8H2,1-2H3,(H,14,15). The molecule has 0 amide bonds. The highest BCUT2D eigenvalue weighted by molar-refractivity contribution is 5.77. The Morgan fingerprint density at radius 3 is 2.82 bits per heavy atom. The third-order valence-electron chi connectivity index (χ3n) is 3.18. The lowest BCUT2D eigenvalue weighted by Crippen LogP contribution is -2.50. The van der Waals surface area contributed by atoms with Gasteiger partial charge in [0.05, 0.1) is 19.3 Å². The maximum Gasteiger partial charge on any atom is 0.336 e. The van der Waals surface area contributed by atoms with Crippen LogP contribution in [0.1, 0.15) is 33.1 Å². The monoisotopic (exact) mass is 246 g/mol.